The van der Waals surface area contributed by atoms with Crippen molar-refractivity contribution < 1.29 is 13.2 Å². The minimum atomic E-state index is -3.42. The first-order valence-electron chi connectivity index (χ1n) is 5.36. The number of nitrogens with zero attached hydrogens (tertiary/aromatic N) is 2. The van der Waals surface area contributed by atoms with E-state index in [1.54, 1.807) is 11.4 Å². The maximum atomic E-state index is 12.3. The molecule has 1 fully saturated rings. The molecule has 0 bridgehead atoms. The van der Waals surface area contributed by atoms with Gasteiger partial charge in [-0.15, -0.1) is 11.3 Å². The monoisotopic (exact) mass is 350 g/mol. The van der Waals surface area contributed by atoms with E-state index in [1.165, 1.54) is 21.7 Å². The van der Waals surface area contributed by atoms with Crippen molar-refractivity contribution in [3.8, 4) is 0 Å². The molecule has 0 radical (unpaired) electrons. The number of aliphatic imine (C=N–C) groups is 1. The molecule has 5 nitrogen and oxygen atoms in total. The number of isocyanates is 1. The van der Waals surface area contributed by atoms with Gasteiger partial charge in [0.15, 0.2) is 0 Å². The molecule has 0 amide bonds. The molecule has 0 aliphatic carbocycles. The van der Waals surface area contributed by atoms with Crippen LogP contribution in [0.25, 0.3) is 0 Å². The highest BCUT2D eigenvalue weighted by Gasteiger charge is 2.31. The van der Waals surface area contributed by atoms with Gasteiger partial charge in [0.25, 0.3) is 10.0 Å². The molecule has 98 valence electrons. The maximum absolute atomic E-state index is 12.3. The molecule has 1 aliphatic heterocycles. The van der Waals surface area contributed by atoms with Crippen LogP contribution in [0.3, 0.4) is 0 Å². The molecule has 18 heavy (non-hydrogen) atoms. The topological polar surface area (TPSA) is 66.8 Å². The molecule has 8 heteroatoms. The predicted octanol–water partition coefficient (Wildman–Crippen LogP) is 2.00. The molecule has 0 atom stereocenters. The van der Waals surface area contributed by atoms with E-state index in [2.05, 4.69) is 20.9 Å². The Balaban J connectivity index is 2.14. The molecule has 0 N–H and O–H groups in total. The van der Waals surface area contributed by atoms with Gasteiger partial charge in [-0.25, -0.2) is 18.2 Å². The molecule has 0 unspecified atom stereocenters. The zero-order valence-corrected chi connectivity index (χ0v) is 12.6. The highest BCUT2D eigenvalue weighted by molar-refractivity contribution is 9.10. The number of hydrogen-bond donors (Lipinski definition) is 0. The molecule has 1 saturated heterocycles. The summed E-state index contributed by atoms with van der Waals surface area (Å²) < 4.78 is 27.0. The lowest BCUT2D eigenvalue weighted by Gasteiger charge is -2.28. The average Bonchev–Trinajstić information content (AvgIpc) is 2.77. The van der Waals surface area contributed by atoms with Crippen LogP contribution >= 0.6 is 27.3 Å². The van der Waals surface area contributed by atoms with Crippen molar-refractivity contribution in [3.63, 3.8) is 0 Å². The van der Waals surface area contributed by atoms with E-state index in [4.69, 9.17) is 0 Å². The molecule has 1 aromatic rings. The van der Waals surface area contributed by atoms with Crippen LogP contribution in [0.2, 0.25) is 0 Å². The second-order valence-electron chi connectivity index (χ2n) is 3.91. The number of thiophene rings is 1. The molecule has 0 aromatic carbocycles. The second kappa shape index (κ2) is 5.63. The van der Waals surface area contributed by atoms with Gasteiger partial charge < -0.3 is 0 Å². The van der Waals surface area contributed by atoms with Crippen molar-refractivity contribution in [1.82, 2.24) is 4.31 Å². The van der Waals surface area contributed by atoms with Crippen molar-refractivity contribution >= 4 is 43.4 Å². The number of piperidine rings is 1. The molecule has 2 heterocycles. The standard InChI is InChI=1S/C10H11BrN2O3S2/c11-9-3-6-17-10(9)18(15,16)13-4-1-8(2-5-13)12-7-14/h3,6,8H,1-2,4-5H2. The Morgan fingerprint density at radius 3 is 2.61 bits per heavy atom. The quantitative estimate of drug-likeness (QED) is 0.618. The molecule has 0 saturated carbocycles. The molecule has 1 aliphatic rings. The number of halogens is 1. The van der Waals surface area contributed by atoms with Gasteiger partial charge in [-0.05, 0) is 40.2 Å². The van der Waals surface area contributed by atoms with Crippen LogP contribution < -0.4 is 0 Å². The highest BCUT2D eigenvalue weighted by atomic mass is 79.9. The lowest BCUT2D eigenvalue weighted by atomic mass is 10.1. The van der Waals surface area contributed by atoms with Crippen molar-refractivity contribution in [3.05, 3.63) is 15.9 Å². The number of carbonyl (C=O) groups excluding carboxylic acids is 1. The first kappa shape index (κ1) is 13.9. The van der Waals surface area contributed by atoms with E-state index in [-0.39, 0.29) is 6.04 Å². The third-order valence-corrected chi connectivity index (χ3v) is 7.36. The summed E-state index contributed by atoms with van der Waals surface area (Å²) in [6, 6.07) is 1.63. The van der Waals surface area contributed by atoms with Crippen LogP contribution in [-0.2, 0) is 14.8 Å². The molecular formula is C10H11BrN2O3S2. The maximum Gasteiger partial charge on any atom is 0.253 e. The summed E-state index contributed by atoms with van der Waals surface area (Å²) in [5, 5.41) is 1.74. The zero-order valence-electron chi connectivity index (χ0n) is 9.37. The van der Waals surface area contributed by atoms with Gasteiger partial charge >= 0.3 is 0 Å². The molecule has 1 aromatic heterocycles. The van der Waals surface area contributed by atoms with Crippen molar-refractivity contribution in [1.29, 1.82) is 0 Å². The highest BCUT2D eigenvalue weighted by Crippen LogP contribution is 2.31. The summed E-state index contributed by atoms with van der Waals surface area (Å²) >= 11 is 4.44. The number of hydrogen-bond acceptors (Lipinski definition) is 5. The van der Waals surface area contributed by atoms with Gasteiger partial charge in [-0.2, -0.15) is 4.31 Å². The van der Waals surface area contributed by atoms with E-state index >= 15 is 0 Å². The van der Waals surface area contributed by atoms with E-state index in [1.807, 2.05) is 0 Å². The number of rotatable bonds is 3. The van der Waals surface area contributed by atoms with Gasteiger partial charge in [-0.3, -0.25) is 0 Å². The van der Waals surface area contributed by atoms with Crippen LogP contribution in [0.5, 0.6) is 0 Å². The Bertz CT molecular complexity index is 570. The second-order valence-corrected chi connectivity index (χ2v) is 7.82. The normalized spacial score (nSPS) is 18.5. The van der Waals surface area contributed by atoms with E-state index < -0.39 is 10.0 Å². The molecule has 2 rings (SSSR count). The average molecular weight is 351 g/mol. The minimum Gasteiger partial charge on any atom is -0.211 e. The summed E-state index contributed by atoms with van der Waals surface area (Å²) in [7, 11) is -3.42. The third kappa shape index (κ3) is 2.73. The fourth-order valence-electron chi connectivity index (χ4n) is 1.87. The fourth-order valence-corrected chi connectivity index (χ4v) is 5.79. The van der Waals surface area contributed by atoms with Gasteiger partial charge in [0.05, 0.1) is 6.04 Å². The minimum absolute atomic E-state index is 0.0965. The summed E-state index contributed by atoms with van der Waals surface area (Å²) in [6.07, 6.45) is 2.66. The summed E-state index contributed by atoms with van der Waals surface area (Å²) in [4.78, 5) is 13.8. The zero-order chi connectivity index (χ0) is 13.2. The van der Waals surface area contributed by atoms with Crippen molar-refractivity contribution in [2.75, 3.05) is 13.1 Å². The Morgan fingerprint density at radius 2 is 2.11 bits per heavy atom. The van der Waals surface area contributed by atoms with Gasteiger partial charge in [-0.1, -0.05) is 0 Å². The fraction of sp³-hybridized carbons (Fsp3) is 0.500. The lowest BCUT2D eigenvalue weighted by molar-refractivity contribution is 0.321. The lowest BCUT2D eigenvalue weighted by Crippen LogP contribution is -2.39. The van der Waals surface area contributed by atoms with E-state index in [0.29, 0.717) is 34.6 Å². The summed E-state index contributed by atoms with van der Waals surface area (Å²) in [5.41, 5.74) is 0. The first-order chi connectivity index (χ1) is 8.55. The van der Waals surface area contributed by atoms with Gasteiger partial charge in [0, 0.05) is 17.6 Å². The Morgan fingerprint density at radius 1 is 1.44 bits per heavy atom. The van der Waals surface area contributed by atoms with E-state index in [0.717, 1.165) is 0 Å². The Labute approximate surface area is 118 Å². The van der Waals surface area contributed by atoms with Gasteiger partial charge in [0.1, 0.15) is 4.21 Å². The Hall–Kier alpha value is -0.530. The molecule has 0 spiro atoms. The van der Waals surface area contributed by atoms with Crippen LogP contribution in [0.15, 0.2) is 25.1 Å². The Kier molecular flexibility index (Phi) is 4.34. The van der Waals surface area contributed by atoms with Crippen molar-refractivity contribution in [2.45, 2.75) is 23.1 Å². The third-order valence-electron chi connectivity index (χ3n) is 2.82. The van der Waals surface area contributed by atoms with Gasteiger partial charge in [0.2, 0.25) is 6.08 Å². The number of sulfonamides is 1. The van der Waals surface area contributed by atoms with Crippen molar-refractivity contribution in [2.24, 2.45) is 4.99 Å². The van der Waals surface area contributed by atoms with Crippen LogP contribution in [0, 0.1) is 0 Å². The molecular weight excluding hydrogens is 340 g/mol. The first-order valence-corrected chi connectivity index (χ1v) is 8.47. The SMILES string of the molecule is O=C=NC1CCN(S(=O)(=O)c2sccc2Br)CC1. The smallest absolute Gasteiger partial charge is 0.211 e. The van der Waals surface area contributed by atoms with Crippen LogP contribution in [0.4, 0.5) is 0 Å². The predicted molar refractivity (Wildman–Crippen MR) is 71.9 cm³/mol. The van der Waals surface area contributed by atoms with E-state index in [9.17, 15) is 13.2 Å². The summed E-state index contributed by atoms with van der Waals surface area (Å²) in [6.45, 7) is 0.783. The van der Waals surface area contributed by atoms with Crippen LogP contribution in [0.1, 0.15) is 12.8 Å². The van der Waals surface area contributed by atoms with Crippen LogP contribution in [-0.4, -0.2) is 37.9 Å². The largest absolute Gasteiger partial charge is 0.253 e. The summed E-state index contributed by atoms with van der Waals surface area (Å²) in [5.74, 6) is 0.